The summed E-state index contributed by atoms with van der Waals surface area (Å²) < 4.78 is 22.6. The highest BCUT2D eigenvalue weighted by atomic mass is 16.5. The lowest BCUT2D eigenvalue weighted by Crippen LogP contribution is -2.29. The lowest BCUT2D eigenvalue weighted by atomic mass is 9.97. The van der Waals surface area contributed by atoms with Crippen LogP contribution in [0.15, 0.2) is 101 Å². The number of methoxy groups -OCH3 is 2. The summed E-state index contributed by atoms with van der Waals surface area (Å²) in [5, 5.41) is 12.8. The number of furan rings is 1. The monoisotopic (exact) mass is 565 g/mol. The van der Waals surface area contributed by atoms with Gasteiger partial charge in [-0.05, 0) is 78.2 Å². The fourth-order valence-electron chi connectivity index (χ4n) is 4.69. The Morgan fingerprint density at radius 2 is 1.48 bits per heavy atom. The summed E-state index contributed by atoms with van der Waals surface area (Å²) in [7, 11) is 3.23. The molecule has 5 aromatic rings. The Balaban J connectivity index is 1.39. The molecule has 0 bridgehead atoms. The van der Waals surface area contributed by atoms with Gasteiger partial charge in [0, 0.05) is 17.4 Å². The molecule has 8 heteroatoms. The standard InChI is InChI=1S/C34H31NO7/c1-39-26-14-9-22(10-15-26)33(23-11-16-27(40-2)17-12-23)35-34(38)24-13-18-29-25(20-24)21-31(42-29)28-6-3-4-7-30(28)41-19-5-8-32(36)37/h3-4,6-7,9-18,20-21,33H,5,8,19H2,1-2H3,(H,35,38)(H,36,37). The number of aliphatic carboxylic acids is 1. The molecule has 0 spiro atoms. The van der Waals surface area contributed by atoms with Crippen LogP contribution in [0.5, 0.6) is 17.2 Å². The molecule has 5 rings (SSSR count). The second-order valence-corrected chi connectivity index (χ2v) is 9.66. The number of nitrogens with one attached hydrogen (secondary N) is 1. The molecule has 0 aliphatic carbocycles. The van der Waals surface area contributed by atoms with Gasteiger partial charge in [0.05, 0.1) is 32.4 Å². The number of carbonyl (C=O) groups is 2. The number of para-hydroxylation sites is 1. The van der Waals surface area contributed by atoms with Crippen molar-refractivity contribution in [3.8, 4) is 28.6 Å². The topological polar surface area (TPSA) is 107 Å². The van der Waals surface area contributed by atoms with Crippen LogP contribution in [0.1, 0.15) is 40.4 Å². The van der Waals surface area contributed by atoms with Crippen molar-refractivity contribution in [1.82, 2.24) is 5.32 Å². The predicted octanol–water partition coefficient (Wildman–Crippen LogP) is 6.88. The third kappa shape index (κ3) is 6.55. The van der Waals surface area contributed by atoms with Gasteiger partial charge < -0.3 is 29.1 Å². The van der Waals surface area contributed by atoms with Crippen molar-refractivity contribution in [1.29, 1.82) is 0 Å². The van der Waals surface area contributed by atoms with Crippen LogP contribution in [0.25, 0.3) is 22.3 Å². The summed E-state index contributed by atoms with van der Waals surface area (Å²) in [5.74, 6) is 1.55. The van der Waals surface area contributed by atoms with Crippen molar-refractivity contribution in [2.24, 2.45) is 0 Å². The fraction of sp³-hybridized carbons (Fsp3) is 0.176. The molecule has 2 N–H and O–H groups in total. The molecule has 1 aromatic heterocycles. The lowest BCUT2D eigenvalue weighted by molar-refractivity contribution is -0.137. The van der Waals surface area contributed by atoms with Crippen LogP contribution in [-0.2, 0) is 4.79 Å². The Kier molecular flexibility index (Phi) is 8.72. The van der Waals surface area contributed by atoms with Crippen LogP contribution in [-0.4, -0.2) is 37.8 Å². The van der Waals surface area contributed by atoms with E-state index in [1.807, 2.05) is 78.9 Å². The van der Waals surface area contributed by atoms with E-state index in [1.54, 1.807) is 32.4 Å². The summed E-state index contributed by atoms with van der Waals surface area (Å²) in [4.78, 5) is 24.4. The van der Waals surface area contributed by atoms with E-state index >= 15 is 0 Å². The minimum absolute atomic E-state index is 0.0371. The molecule has 0 aliphatic heterocycles. The van der Waals surface area contributed by atoms with Gasteiger partial charge in [0.25, 0.3) is 5.91 Å². The number of carbonyl (C=O) groups excluding carboxylic acids is 1. The van der Waals surface area contributed by atoms with E-state index in [1.165, 1.54) is 0 Å². The third-order valence-corrected chi connectivity index (χ3v) is 6.90. The first-order valence-electron chi connectivity index (χ1n) is 13.5. The summed E-state index contributed by atoms with van der Waals surface area (Å²) in [5.41, 5.74) is 3.67. The Bertz CT molecular complexity index is 1630. The summed E-state index contributed by atoms with van der Waals surface area (Å²) in [6, 6.07) is 29.4. The van der Waals surface area contributed by atoms with Crippen LogP contribution in [0, 0.1) is 0 Å². The second-order valence-electron chi connectivity index (χ2n) is 9.66. The maximum Gasteiger partial charge on any atom is 0.303 e. The van der Waals surface area contributed by atoms with Crippen LogP contribution in [0.3, 0.4) is 0 Å². The smallest absolute Gasteiger partial charge is 0.303 e. The van der Waals surface area contributed by atoms with Gasteiger partial charge in [-0.3, -0.25) is 9.59 Å². The maximum absolute atomic E-state index is 13.6. The molecule has 0 unspecified atom stereocenters. The highest BCUT2D eigenvalue weighted by molar-refractivity contribution is 5.99. The van der Waals surface area contributed by atoms with Crippen LogP contribution in [0.2, 0.25) is 0 Å². The van der Waals surface area contributed by atoms with Crippen molar-refractivity contribution < 1.29 is 33.3 Å². The van der Waals surface area contributed by atoms with Gasteiger partial charge in [0.2, 0.25) is 0 Å². The van der Waals surface area contributed by atoms with Gasteiger partial charge in [-0.1, -0.05) is 36.4 Å². The van der Waals surface area contributed by atoms with E-state index in [0.29, 0.717) is 29.1 Å². The zero-order chi connectivity index (χ0) is 29.5. The van der Waals surface area contributed by atoms with Gasteiger partial charge in [-0.15, -0.1) is 0 Å². The number of hydrogen-bond donors (Lipinski definition) is 2. The minimum atomic E-state index is -0.858. The second kappa shape index (κ2) is 13.0. The molecule has 1 heterocycles. The Labute approximate surface area is 243 Å². The number of ether oxygens (including phenoxy) is 3. The molecular formula is C34H31NO7. The van der Waals surface area contributed by atoms with Gasteiger partial charge in [-0.25, -0.2) is 0 Å². The van der Waals surface area contributed by atoms with Crippen LogP contribution in [0.4, 0.5) is 0 Å². The van der Waals surface area contributed by atoms with E-state index in [0.717, 1.165) is 33.6 Å². The average Bonchev–Trinajstić information content (AvgIpc) is 3.45. The molecule has 0 radical (unpaired) electrons. The number of fused-ring (bicyclic) bond motifs is 1. The number of benzene rings is 4. The lowest BCUT2D eigenvalue weighted by Gasteiger charge is -2.20. The maximum atomic E-state index is 13.6. The van der Waals surface area contributed by atoms with Crippen molar-refractivity contribution in [3.05, 3.63) is 114 Å². The molecule has 8 nitrogen and oxygen atoms in total. The first kappa shape index (κ1) is 28.3. The first-order valence-corrected chi connectivity index (χ1v) is 13.5. The van der Waals surface area contributed by atoms with Crippen molar-refractivity contribution in [3.63, 3.8) is 0 Å². The summed E-state index contributed by atoms with van der Waals surface area (Å²) in [6.07, 6.45) is 0.436. The van der Waals surface area contributed by atoms with E-state index in [9.17, 15) is 9.59 Å². The summed E-state index contributed by atoms with van der Waals surface area (Å²) in [6.45, 7) is 0.275. The number of rotatable bonds is 12. The number of carboxylic acid groups (broad SMARTS) is 1. The molecule has 0 fully saturated rings. The molecular weight excluding hydrogens is 534 g/mol. The number of hydrogen-bond acceptors (Lipinski definition) is 6. The van der Waals surface area contributed by atoms with E-state index in [-0.39, 0.29) is 18.9 Å². The van der Waals surface area contributed by atoms with Gasteiger partial charge >= 0.3 is 5.97 Å². The van der Waals surface area contributed by atoms with E-state index < -0.39 is 12.0 Å². The molecule has 0 aliphatic rings. The Hall–Kier alpha value is -5.24. The van der Waals surface area contributed by atoms with Crippen LogP contribution >= 0.6 is 0 Å². The molecule has 1 amide bonds. The first-order chi connectivity index (χ1) is 20.4. The van der Waals surface area contributed by atoms with Crippen LogP contribution < -0.4 is 19.5 Å². The molecule has 42 heavy (non-hydrogen) atoms. The molecule has 0 saturated carbocycles. The van der Waals surface area contributed by atoms with E-state index in [4.69, 9.17) is 23.7 Å². The minimum Gasteiger partial charge on any atom is -0.497 e. The highest BCUT2D eigenvalue weighted by Crippen LogP contribution is 2.35. The quantitative estimate of drug-likeness (QED) is 0.159. The van der Waals surface area contributed by atoms with Gasteiger partial charge in [0.1, 0.15) is 28.6 Å². The van der Waals surface area contributed by atoms with Crippen molar-refractivity contribution in [2.75, 3.05) is 20.8 Å². The van der Waals surface area contributed by atoms with E-state index in [2.05, 4.69) is 5.32 Å². The van der Waals surface area contributed by atoms with Crippen molar-refractivity contribution in [2.45, 2.75) is 18.9 Å². The normalized spacial score (nSPS) is 10.9. The zero-order valence-corrected chi connectivity index (χ0v) is 23.3. The third-order valence-electron chi connectivity index (χ3n) is 6.90. The number of amides is 1. The average molecular weight is 566 g/mol. The fourth-order valence-corrected chi connectivity index (χ4v) is 4.69. The Morgan fingerprint density at radius 1 is 0.833 bits per heavy atom. The molecule has 214 valence electrons. The summed E-state index contributed by atoms with van der Waals surface area (Å²) >= 11 is 0. The zero-order valence-electron chi connectivity index (χ0n) is 23.3. The molecule has 4 aromatic carbocycles. The largest absolute Gasteiger partial charge is 0.497 e. The SMILES string of the molecule is COc1ccc(C(NC(=O)c2ccc3oc(-c4ccccc4OCCCC(=O)O)cc3c2)c2ccc(OC)cc2)cc1. The molecule has 0 saturated heterocycles. The van der Waals surface area contributed by atoms with Gasteiger partial charge in [-0.2, -0.15) is 0 Å². The molecule has 0 atom stereocenters. The number of carboxylic acids is 1. The van der Waals surface area contributed by atoms with Gasteiger partial charge in [0.15, 0.2) is 0 Å². The van der Waals surface area contributed by atoms with Crippen molar-refractivity contribution >= 4 is 22.8 Å². The highest BCUT2D eigenvalue weighted by Gasteiger charge is 2.20. The predicted molar refractivity (Wildman–Crippen MR) is 159 cm³/mol. The Morgan fingerprint density at radius 3 is 2.10 bits per heavy atom.